The van der Waals surface area contributed by atoms with Gasteiger partial charge in [-0.15, -0.1) is 0 Å². The number of nitrogens with zero attached hydrogens (tertiary/aromatic N) is 3. The van der Waals surface area contributed by atoms with Gasteiger partial charge in [0, 0.05) is 24.4 Å². The van der Waals surface area contributed by atoms with Crippen LogP contribution in [0.4, 0.5) is 19.0 Å². The Hall–Kier alpha value is -3.14. The number of carbonyl (C=O) groups is 1. The van der Waals surface area contributed by atoms with Crippen LogP contribution in [-0.4, -0.2) is 40.6 Å². The largest absolute Gasteiger partial charge is 0.496 e. The third-order valence-corrected chi connectivity index (χ3v) is 5.61. The number of hydrogen-bond donors (Lipinski definition) is 1. The molecule has 4 heterocycles. The number of alkyl halides is 3. The lowest BCUT2D eigenvalue weighted by Gasteiger charge is -2.11. The summed E-state index contributed by atoms with van der Waals surface area (Å²) in [5.74, 6) is 0.777. The lowest BCUT2D eigenvalue weighted by atomic mass is 10.2. The Balaban J connectivity index is 1.43. The molecule has 1 aliphatic heterocycles. The average Bonchev–Trinajstić information content (AvgIpc) is 3.05. The van der Waals surface area contributed by atoms with Crippen molar-refractivity contribution in [3.8, 4) is 5.75 Å². The topological polar surface area (TPSA) is 77.8 Å². The quantitative estimate of drug-likeness (QED) is 0.703. The Morgan fingerprint density at radius 3 is 2.70 bits per heavy atom. The SMILES string of the molecule is COc1cc2nc(C3C4COCC43)cn2cc1C(=O)Nc1cccc(C(F)(F)F)n1. The molecule has 1 amide bonds. The number of nitrogens with one attached hydrogen (secondary N) is 1. The van der Waals surface area contributed by atoms with Crippen LogP contribution < -0.4 is 10.1 Å². The first kappa shape index (κ1) is 18.9. The number of fused-ring (bicyclic) bond motifs is 2. The lowest BCUT2D eigenvalue weighted by molar-refractivity contribution is -0.141. The van der Waals surface area contributed by atoms with Gasteiger partial charge in [-0.25, -0.2) is 9.97 Å². The van der Waals surface area contributed by atoms with Gasteiger partial charge in [-0.05, 0) is 24.0 Å². The van der Waals surface area contributed by atoms with Crippen LogP contribution in [0.25, 0.3) is 5.65 Å². The highest BCUT2D eigenvalue weighted by Gasteiger charge is 2.55. The van der Waals surface area contributed by atoms with E-state index < -0.39 is 17.8 Å². The van der Waals surface area contributed by atoms with Gasteiger partial charge in [0.15, 0.2) is 0 Å². The smallest absolute Gasteiger partial charge is 0.433 e. The summed E-state index contributed by atoms with van der Waals surface area (Å²) in [4.78, 5) is 20.9. The number of rotatable bonds is 4. The molecule has 0 bridgehead atoms. The van der Waals surface area contributed by atoms with Crippen LogP contribution >= 0.6 is 0 Å². The Morgan fingerprint density at radius 2 is 2.00 bits per heavy atom. The molecule has 2 aliphatic rings. The predicted octanol–water partition coefficient (Wildman–Crippen LogP) is 3.37. The Morgan fingerprint density at radius 1 is 1.23 bits per heavy atom. The summed E-state index contributed by atoms with van der Waals surface area (Å²) in [6.07, 6.45) is -1.17. The Bertz CT molecular complexity index is 1130. The zero-order valence-electron chi connectivity index (χ0n) is 15.8. The summed E-state index contributed by atoms with van der Waals surface area (Å²) in [5.41, 5.74) is 0.641. The maximum atomic E-state index is 12.9. The zero-order chi connectivity index (χ0) is 21.0. The molecule has 0 spiro atoms. The number of methoxy groups -OCH3 is 1. The van der Waals surface area contributed by atoms with E-state index in [9.17, 15) is 18.0 Å². The van der Waals surface area contributed by atoms with Crippen molar-refractivity contribution in [2.75, 3.05) is 25.6 Å². The number of halogens is 3. The van der Waals surface area contributed by atoms with Crippen LogP contribution in [0.3, 0.4) is 0 Å². The minimum atomic E-state index is -4.60. The van der Waals surface area contributed by atoms with Gasteiger partial charge in [-0.1, -0.05) is 6.07 Å². The van der Waals surface area contributed by atoms with Gasteiger partial charge in [-0.3, -0.25) is 4.79 Å². The molecule has 2 fully saturated rings. The molecule has 30 heavy (non-hydrogen) atoms. The van der Waals surface area contributed by atoms with Crippen molar-refractivity contribution in [3.05, 3.63) is 53.6 Å². The van der Waals surface area contributed by atoms with Crippen molar-refractivity contribution in [1.82, 2.24) is 14.4 Å². The molecule has 7 nitrogen and oxygen atoms in total. The van der Waals surface area contributed by atoms with Crippen LogP contribution in [0.2, 0.25) is 0 Å². The number of anilines is 1. The van der Waals surface area contributed by atoms with E-state index in [1.165, 1.54) is 19.2 Å². The van der Waals surface area contributed by atoms with Crippen molar-refractivity contribution >= 4 is 17.4 Å². The molecular formula is C20H17F3N4O3. The average molecular weight is 418 g/mol. The Kier molecular flexibility index (Phi) is 4.21. The van der Waals surface area contributed by atoms with E-state index >= 15 is 0 Å². The van der Waals surface area contributed by atoms with E-state index in [0.29, 0.717) is 23.4 Å². The molecule has 10 heteroatoms. The molecule has 3 aromatic rings. The molecule has 1 N–H and O–H groups in total. The van der Waals surface area contributed by atoms with E-state index in [4.69, 9.17) is 9.47 Å². The van der Waals surface area contributed by atoms with Gasteiger partial charge >= 0.3 is 6.18 Å². The molecule has 2 atom stereocenters. The normalized spacial score (nSPS) is 22.7. The second-order valence-electron chi connectivity index (χ2n) is 7.44. The summed E-state index contributed by atoms with van der Waals surface area (Å²) >= 11 is 0. The maximum absolute atomic E-state index is 12.9. The number of aromatic nitrogens is 3. The van der Waals surface area contributed by atoms with Gasteiger partial charge in [-0.2, -0.15) is 13.2 Å². The number of pyridine rings is 2. The molecule has 156 valence electrons. The van der Waals surface area contributed by atoms with Crippen molar-refractivity contribution < 1.29 is 27.4 Å². The molecule has 0 aromatic carbocycles. The van der Waals surface area contributed by atoms with Crippen LogP contribution in [-0.2, 0) is 10.9 Å². The number of imidazole rings is 1. The van der Waals surface area contributed by atoms with Crippen LogP contribution in [0.15, 0.2) is 36.7 Å². The molecule has 5 rings (SSSR count). The number of carbonyl (C=O) groups excluding carboxylic acids is 1. The van der Waals surface area contributed by atoms with Gasteiger partial charge in [0.1, 0.15) is 22.9 Å². The second-order valence-corrected chi connectivity index (χ2v) is 7.44. The van der Waals surface area contributed by atoms with Crippen LogP contribution in [0, 0.1) is 11.8 Å². The summed E-state index contributed by atoms with van der Waals surface area (Å²) in [6, 6.07) is 4.95. The highest BCUT2D eigenvalue weighted by Crippen LogP contribution is 2.57. The van der Waals surface area contributed by atoms with Gasteiger partial charge < -0.3 is 19.2 Å². The standard InChI is InChI=1S/C20H17F3N4O3/c1-29-14-5-17-24-13(18-11-8-30-9-12(11)18)7-27(17)6-10(14)19(28)26-16-4-2-3-15(25-16)20(21,22)23/h2-7,11-12,18H,8-9H2,1H3,(H,25,26,28). The lowest BCUT2D eigenvalue weighted by Crippen LogP contribution is -2.16. The van der Waals surface area contributed by atoms with Crippen molar-refractivity contribution in [2.45, 2.75) is 12.1 Å². The fraction of sp³-hybridized carbons (Fsp3) is 0.350. The van der Waals surface area contributed by atoms with Crippen molar-refractivity contribution in [3.63, 3.8) is 0 Å². The predicted molar refractivity (Wildman–Crippen MR) is 99.5 cm³/mol. The fourth-order valence-corrected chi connectivity index (χ4v) is 4.06. The third-order valence-electron chi connectivity index (χ3n) is 5.61. The minimum absolute atomic E-state index is 0.160. The van der Waals surface area contributed by atoms with E-state index in [1.54, 1.807) is 16.7 Å². The van der Waals surface area contributed by atoms with E-state index in [1.807, 2.05) is 6.20 Å². The fourth-order valence-electron chi connectivity index (χ4n) is 4.06. The van der Waals surface area contributed by atoms with Crippen molar-refractivity contribution in [1.29, 1.82) is 0 Å². The highest BCUT2D eigenvalue weighted by atomic mass is 19.4. The van der Waals surface area contributed by atoms with Crippen LogP contribution in [0.1, 0.15) is 27.7 Å². The molecule has 3 aromatic heterocycles. The number of amides is 1. The first-order chi connectivity index (χ1) is 14.3. The summed E-state index contributed by atoms with van der Waals surface area (Å²) in [7, 11) is 1.41. The molecule has 1 saturated heterocycles. The van der Waals surface area contributed by atoms with E-state index in [-0.39, 0.29) is 17.1 Å². The zero-order valence-corrected chi connectivity index (χ0v) is 15.8. The maximum Gasteiger partial charge on any atom is 0.433 e. The third kappa shape index (κ3) is 3.17. The first-order valence-corrected chi connectivity index (χ1v) is 9.35. The molecule has 0 radical (unpaired) electrons. The molecular weight excluding hydrogens is 401 g/mol. The second kappa shape index (κ2) is 6.69. The number of ether oxygens (including phenoxy) is 2. The summed E-state index contributed by atoms with van der Waals surface area (Å²) in [5, 5.41) is 2.40. The summed E-state index contributed by atoms with van der Waals surface area (Å²) < 4.78 is 51.1. The van der Waals surface area contributed by atoms with Gasteiger partial charge in [0.25, 0.3) is 5.91 Å². The van der Waals surface area contributed by atoms with Crippen molar-refractivity contribution in [2.24, 2.45) is 11.8 Å². The van der Waals surface area contributed by atoms with E-state index in [0.717, 1.165) is 25.0 Å². The van der Waals surface area contributed by atoms with Gasteiger partial charge in [0.2, 0.25) is 0 Å². The van der Waals surface area contributed by atoms with Crippen LogP contribution in [0.5, 0.6) is 5.75 Å². The van der Waals surface area contributed by atoms with Gasteiger partial charge in [0.05, 0.1) is 31.6 Å². The molecule has 1 aliphatic carbocycles. The van der Waals surface area contributed by atoms with E-state index in [2.05, 4.69) is 15.3 Å². The number of hydrogen-bond acceptors (Lipinski definition) is 5. The molecule has 2 unspecified atom stereocenters. The highest BCUT2D eigenvalue weighted by molar-refractivity contribution is 6.05. The minimum Gasteiger partial charge on any atom is -0.496 e. The Labute approximate surface area is 168 Å². The summed E-state index contributed by atoms with van der Waals surface area (Å²) in [6.45, 7) is 1.48. The molecule has 1 saturated carbocycles. The first-order valence-electron chi connectivity index (χ1n) is 9.35. The monoisotopic (exact) mass is 418 g/mol.